The number of carbonyl (C=O) groups is 1. The van der Waals surface area contributed by atoms with E-state index < -0.39 is 17.7 Å². The highest BCUT2D eigenvalue weighted by Crippen LogP contribution is 2.30. The maximum absolute atomic E-state index is 13.0. The fourth-order valence-corrected chi connectivity index (χ4v) is 2.89. The standard InChI is InChI=1S/C15H14FNO2S/c16-11-6-7-14(13(17)8-11)20-9-12(15(18)19)10-4-2-1-3-5-10/h1-8,12H,9,17H2,(H,18,19). The van der Waals surface area contributed by atoms with Gasteiger partial charge < -0.3 is 10.8 Å². The van der Waals surface area contributed by atoms with Crippen LogP contribution in [0.4, 0.5) is 10.1 Å². The summed E-state index contributed by atoms with van der Waals surface area (Å²) in [5.74, 6) is -1.56. The number of hydrogen-bond acceptors (Lipinski definition) is 3. The third-order valence-corrected chi connectivity index (χ3v) is 4.06. The molecule has 2 rings (SSSR count). The van der Waals surface area contributed by atoms with Gasteiger partial charge in [-0.05, 0) is 23.8 Å². The molecule has 0 saturated carbocycles. The number of nitrogens with two attached hydrogens (primary N) is 1. The van der Waals surface area contributed by atoms with Gasteiger partial charge in [-0.3, -0.25) is 4.79 Å². The molecule has 3 nitrogen and oxygen atoms in total. The van der Waals surface area contributed by atoms with E-state index in [0.29, 0.717) is 16.3 Å². The topological polar surface area (TPSA) is 63.3 Å². The lowest BCUT2D eigenvalue weighted by molar-refractivity contribution is -0.138. The molecule has 3 N–H and O–H groups in total. The molecule has 0 bridgehead atoms. The van der Waals surface area contributed by atoms with Gasteiger partial charge in [0, 0.05) is 16.3 Å². The van der Waals surface area contributed by atoms with E-state index in [1.165, 1.54) is 23.9 Å². The molecule has 2 aromatic carbocycles. The highest BCUT2D eigenvalue weighted by Gasteiger charge is 2.20. The highest BCUT2D eigenvalue weighted by molar-refractivity contribution is 7.99. The van der Waals surface area contributed by atoms with Gasteiger partial charge in [-0.25, -0.2) is 4.39 Å². The summed E-state index contributed by atoms with van der Waals surface area (Å²) in [6, 6.07) is 13.1. The van der Waals surface area contributed by atoms with Crippen molar-refractivity contribution in [2.24, 2.45) is 0 Å². The van der Waals surface area contributed by atoms with Gasteiger partial charge in [-0.1, -0.05) is 30.3 Å². The molecule has 5 heteroatoms. The first-order chi connectivity index (χ1) is 9.58. The van der Waals surface area contributed by atoms with Crippen molar-refractivity contribution in [3.63, 3.8) is 0 Å². The summed E-state index contributed by atoms with van der Waals surface area (Å²) in [6.45, 7) is 0. The summed E-state index contributed by atoms with van der Waals surface area (Å²) in [6.07, 6.45) is 0. The number of aliphatic carboxylic acids is 1. The molecular weight excluding hydrogens is 277 g/mol. The van der Waals surface area contributed by atoms with Crippen LogP contribution in [-0.2, 0) is 4.79 Å². The molecule has 1 atom stereocenters. The first-order valence-corrected chi connectivity index (χ1v) is 7.02. The van der Waals surface area contributed by atoms with Gasteiger partial charge in [0.2, 0.25) is 0 Å². The molecule has 0 fully saturated rings. The molecular formula is C15H14FNO2S. The predicted octanol–water partition coefficient (Wildman–Crippen LogP) is 3.37. The second kappa shape index (κ2) is 6.43. The number of rotatable bonds is 5. The van der Waals surface area contributed by atoms with Crippen molar-refractivity contribution in [2.45, 2.75) is 10.8 Å². The number of halogens is 1. The minimum Gasteiger partial charge on any atom is -0.481 e. The average Bonchev–Trinajstić information content (AvgIpc) is 2.42. The summed E-state index contributed by atoms with van der Waals surface area (Å²) in [5, 5.41) is 9.31. The van der Waals surface area contributed by atoms with Crippen molar-refractivity contribution in [1.82, 2.24) is 0 Å². The van der Waals surface area contributed by atoms with Gasteiger partial charge in [0.25, 0.3) is 0 Å². The van der Waals surface area contributed by atoms with Gasteiger partial charge in [-0.15, -0.1) is 11.8 Å². The smallest absolute Gasteiger partial charge is 0.311 e. The van der Waals surface area contributed by atoms with Crippen molar-refractivity contribution in [3.8, 4) is 0 Å². The second-order valence-electron chi connectivity index (χ2n) is 4.29. The zero-order valence-electron chi connectivity index (χ0n) is 10.6. The third kappa shape index (κ3) is 3.51. The van der Waals surface area contributed by atoms with Crippen molar-refractivity contribution in [2.75, 3.05) is 11.5 Å². The number of thioether (sulfide) groups is 1. The molecule has 0 radical (unpaired) electrons. The Bertz CT molecular complexity index is 604. The van der Waals surface area contributed by atoms with Crippen LogP contribution in [0.5, 0.6) is 0 Å². The van der Waals surface area contributed by atoms with E-state index in [4.69, 9.17) is 5.73 Å². The molecule has 0 aromatic heterocycles. The first-order valence-electron chi connectivity index (χ1n) is 6.03. The quantitative estimate of drug-likeness (QED) is 0.655. The molecule has 0 aliphatic rings. The number of nitrogen functional groups attached to an aromatic ring is 1. The Balaban J connectivity index is 2.12. The predicted molar refractivity (Wildman–Crippen MR) is 78.4 cm³/mol. The van der Waals surface area contributed by atoms with Gasteiger partial charge in [-0.2, -0.15) is 0 Å². The lowest BCUT2D eigenvalue weighted by Gasteiger charge is -2.13. The average molecular weight is 291 g/mol. The summed E-state index contributed by atoms with van der Waals surface area (Å²) < 4.78 is 13.0. The van der Waals surface area contributed by atoms with E-state index >= 15 is 0 Å². The van der Waals surface area contributed by atoms with E-state index in [9.17, 15) is 14.3 Å². The Morgan fingerprint density at radius 3 is 2.55 bits per heavy atom. The Hall–Kier alpha value is -2.01. The van der Waals surface area contributed by atoms with Crippen LogP contribution in [-0.4, -0.2) is 16.8 Å². The highest BCUT2D eigenvalue weighted by atomic mass is 32.2. The van der Waals surface area contributed by atoms with Gasteiger partial charge >= 0.3 is 5.97 Å². The summed E-state index contributed by atoms with van der Waals surface area (Å²) in [4.78, 5) is 12.0. The van der Waals surface area contributed by atoms with Gasteiger partial charge in [0.05, 0.1) is 5.92 Å². The van der Waals surface area contributed by atoms with E-state index in [1.807, 2.05) is 18.2 Å². The molecule has 0 saturated heterocycles. The van der Waals surface area contributed by atoms with Crippen LogP contribution in [0.15, 0.2) is 53.4 Å². The molecule has 1 unspecified atom stereocenters. The zero-order chi connectivity index (χ0) is 14.5. The van der Waals surface area contributed by atoms with Crippen LogP contribution in [0.2, 0.25) is 0 Å². The molecule has 0 spiro atoms. The Morgan fingerprint density at radius 2 is 1.95 bits per heavy atom. The molecule has 20 heavy (non-hydrogen) atoms. The zero-order valence-corrected chi connectivity index (χ0v) is 11.4. The Morgan fingerprint density at radius 1 is 1.25 bits per heavy atom. The summed E-state index contributed by atoms with van der Waals surface area (Å²) in [5.41, 5.74) is 6.78. The Kier molecular flexibility index (Phi) is 4.63. The molecule has 0 aliphatic carbocycles. The van der Waals surface area contributed by atoms with Crippen molar-refractivity contribution < 1.29 is 14.3 Å². The molecule has 0 aliphatic heterocycles. The monoisotopic (exact) mass is 291 g/mol. The lowest BCUT2D eigenvalue weighted by Crippen LogP contribution is -2.14. The van der Waals surface area contributed by atoms with E-state index in [-0.39, 0.29) is 0 Å². The molecule has 2 aromatic rings. The van der Waals surface area contributed by atoms with Crippen LogP contribution in [0.25, 0.3) is 0 Å². The number of anilines is 1. The van der Waals surface area contributed by atoms with Crippen molar-refractivity contribution in [1.29, 1.82) is 0 Å². The van der Waals surface area contributed by atoms with Crippen LogP contribution in [0.3, 0.4) is 0 Å². The van der Waals surface area contributed by atoms with Gasteiger partial charge in [0.1, 0.15) is 5.82 Å². The van der Waals surface area contributed by atoms with Crippen LogP contribution >= 0.6 is 11.8 Å². The third-order valence-electron chi connectivity index (χ3n) is 2.88. The maximum Gasteiger partial charge on any atom is 0.311 e. The number of carboxylic acid groups (broad SMARTS) is 1. The lowest BCUT2D eigenvalue weighted by atomic mass is 10.0. The van der Waals surface area contributed by atoms with E-state index in [0.717, 1.165) is 5.56 Å². The summed E-state index contributed by atoms with van der Waals surface area (Å²) >= 11 is 1.31. The normalized spacial score (nSPS) is 12.1. The number of carboxylic acids is 1. The maximum atomic E-state index is 13.0. The van der Waals surface area contributed by atoms with Gasteiger partial charge in [0.15, 0.2) is 0 Å². The molecule has 104 valence electrons. The molecule has 0 amide bonds. The first kappa shape index (κ1) is 14.4. The fourth-order valence-electron chi connectivity index (χ4n) is 1.82. The summed E-state index contributed by atoms with van der Waals surface area (Å²) in [7, 11) is 0. The van der Waals surface area contributed by atoms with Crippen LogP contribution < -0.4 is 5.73 Å². The minimum absolute atomic E-state index is 0.326. The van der Waals surface area contributed by atoms with Crippen LogP contribution in [0, 0.1) is 5.82 Å². The van der Waals surface area contributed by atoms with E-state index in [1.54, 1.807) is 18.2 Å². The Labute approximate surface area is 120 Å². The van der Waals surface area contributed by atoms with E-state index in [2.05, 4.69) is 0 Å². The largest absolute Gasteiger partial charge is 0.481 e. The molecule has 0 heterocycles. The minimum atomic E-state index is -0.885. The number of hydrogen-bond donors (Lipinski definition) is 2. The van der Waals surface area contributed by atoms with Crippen molar-refractivity contribution in [3.05, 3.63) is 59.9 Å². The SMILES string of the molecule is Nc1cc(F)ccc1SCC(C(=O)O)c1ccccc1. The number of benzene rings is 2. The van der Waals surface area contributed by atoms with Crippen molar-refractivity contribution >= 4 is 23.4 Å². The fraction of sp³-hybridized carbons (Fsp3) is 0.133. The second-order valence-corrected chi connectivity index (χ2v) is 5.36. The van der Waals surface area contributed by atoms with Crippen LogP contribution in [0.1, 0.15) is 11.5 Å².